The Morgan fingerprint density at radius 1 is 1.16 bits per heavy atom. The molecule has 1 aliphatic rings. The molecule has 5 heteroatoms. The summed E-state index contributed by atoms with van der Waals surface area (Å²) in [7, 11) is 1.49. The smallest absolute Gasteiger partial charge is 0.296 e. The zero-order valence-electron chi connectivity index (χ0n) is 10.8. The lowest BCUT2D eigenvalue weighted by Gasteiger charge is -2.13. The van der Waals surface area contributed by atoms with Gasteiger partial charge < -0.3 is 9.84 Å². The van der Waals surface area contributed by atoms with Crippen LogP contribution in [0.5, 0.6) is 0 Å². The topological polar surface area (TPSA) is 66.8 Å². The number of aliphatic hydroxyl groups is 1. The van der Waals surface area contributed by atoms with Gasteiger partial charge in [0.05, 0.1) is 18.7 Å². The van der Waals surface area contributed by atoms with Gasteiger partial charge in [-0.25, -0.2) is 0 Å². The van der Waals surface area contributed by atoms with Crippen LogP contribution in [-0.4, -0.2) is 42.1 Å². The summed E-state index contributed by atoms with van der Waals surface area (Å²) in [5, 5.41) is 9.85. The second-order valence-electron chi connectivity index (χ2n) is 4.34. The molecule has 19 heavy (non-hydrogen) atoms. The van der Waals surface area contributed by atoms with E-state index in [1.165, 1.54) is 7.11 Å². The minimum absolute atomic E-state index is 0.0566. The number of imide groups is 1. The number of hydrogen-bond donors (Lipinski definition) is 1. The lowest BCUT2D eigenvalue weighted by molar-refractivity contribution is -0.138. The molecule has 0 aromatic heterocycles. The number of nitrogens with zero attached hydrogens (tertiary/aromatic N) is 1. The Labute approximate surface area is 111 Å². The van der Waals surface area contributed by atoms with Gasteiger partial charge in [-0.1, -0.05) is 29.8 Å². The van der Waals surface area contributed by atoms with E-state index in [0.717, 1.165) is 10.5 Å². The molecular weight excluding hydrogens is 246 g/mol. The SMILES string of the molecule is COCCN1C(=O)C(O)=C(c2ccc(C)cc2)C1=O. The average Bonchev–Trinajstić information content (AvgIpc) is 2.60. The third kappa shape index (κ3) is 2.37. The van der Waals surface area contributed by atoms with Crippen LogP contribution in [0.25, 0.3) is 5.57 Å². The summed E-state index contributed by atoms with van der Waals surface area (Å²) in [4.78, 5) is 25.0. The quantitative estimate of drug-likeness (QED) is 0.829. The molecule has 100 valence electrons. The van der Waals surface area contributed by atoms with Gasteiger partial charge >= 0.3 is 0 Å². The molecule has 0 spiro atoms. The third-order valence-corrected chi connectivity index (χ3v) is 3.00. The van der Waals surface area contributed by atoms with Crippen molar-refractivity contribution in [3.8, 4) is 0 Å². The Balaban J connectivity index is 2.32. The van der Waals surface area contributed by atoms with E-state index in [0.29, 0.717) is 5.56 Å². The van der Waals surface area contributed by atoms with Crippen molar-refractivity contribution in [2.45, 2.75) is 6.92 Å². The number of aliphatic hydroxyl groups excluding tert-OH is 1. The van der Waals surface area contributed by atoms with Gasteiger partial charge in [0.25, 0.3) is 11.8 Å². The molecule has 0 aliphatic carbocycles. The highest BCUT2D eigenvalue weighted by atomic mass is 16.5. The fourth-order valence-electron chi connectivity index (χ4n) is 1.93. The van der Waals surface area contributed by atoms with Crippen molar-refractivity contribution in [2.75, 3.05) is 20.3 Å². The standard InChI is InChI=1S/C14H15NO4/c1-9-3-5-10(6-4-9)11-12(16)14(18)15(13(11)17)7-8-19-2/h3-6,16H,7-8H2,1-2H3. The largest absolute Gasteiger partial charge is 0.502 e. The molecular formula is C14H15NO4. The minimum Gasteiger partial charge on any atom is -0.502 e. The maximum absolute atomic E-state index is 12.1. The molecule has 2 amide bonds. The van der Waals surface area contributed by atoms with Crippen LogP contribution in [0.2, 0.25) is 0 Å². The summed E-state index contributed by atoms with van der Waals surface area (Å²) in [5.74, 6) is -1.65. The number of hydrogen-bond acceptors (Lipinski definition) is 4. The number of carbonyl (C=O) groups is 2. The number of amides is 2. The molecule has 1 aliphatic heterocycles. The van der Waals surface area contributed by atoms with Gasteiger partial charge in [0, 0.05) is 7.11 Å². The summed E-state index contributed by atoms with van der Waals surface area (Å²) in [6.45, 7) is 2.30. The van der Waals surface area contributed by atoms with Crippen molar-refractivity contribution in [2.24, 2.45) is 0 Å². The summed E-state index contributed by atoms with van der Waals surface area (Å²) >= 11 is 0. The van der Waals surface area contributed by atoms with E-state index in [1.54, 1.807) is 12.1 Å². The van der Waals surface area contributed by atoms with Gasteiger partial charge in [-0.15, -0.1) is 0 Å². The Kier molecular flexibility index (Phi) is 3.66. The van der Waals surface area contributed by atoms with E-state index >= 15 is 0 Å². The lowest BCUT2D eigenvalue weighted by Crippen LogP contribution is -2.34. The maximum Gasteiger partial charge on any atom is 0.296 e. The first-order valence-electron chi connectivity index (χ1n) is 5.91. The molecule has 0 fully saturated rings. The fourth-order valence-corrected chi connectivity index (χ4v) is 1.93. The fraction of sp³-hybridized carbons (Fsp3) is 0.286. The Morgan fingerprint density at radius 2 is 1.79 bits per heavy atom. The van der Waals surface area contributed by atoms with Crippen molar-refractivity contribution in [3.63, 3.8) is 0 Å². The number of carbonyl (C=O) groups excluding carboxylic acids is 2. The Hall–Kier alpha value is -2.14. The lowest BCUT2D eigenvalue weighted by atomic mass is 10.0. The highest BCUT2D eigenvalue weighted by Gasteiger charge is 2.38. The number of ether oxygens (including phenoxy) is 1. The van der Waals surface area contributed by atoms with E-state index in [4.69, 9.17) is 4.74 Å². The predicted molar refractivity (Wildman–Crippen MR) is 69.3 cm³/mol. The average molecular weight is 261 g/mol. The summed E-state index contributed by atoms with van der Waals surface area (Å²) in [6.07, 6.45) is 0. The van der Waals surface area contributed by atoms with Crippen LogP contribution in [0.15, 0.2) is 30.0 Å². The molecule has 1 aromatic rings. The molecule has 0 saturated heterocycles. The summed E-state index contributed by atoms with van der Waals surface area (Å²) < 4.78 is 4.85. The monoisotopic (exact) mass is 261 g/mol. The minimum atomic E-state index is -0.669. The van der Waals surface area contributed by atoms with Gasteiger partial charge in [-0.2, -0.15) is 0 Å². The van der Waals surface area contributed by atoms with Gasteiger partial charge in [0.15, 0.2) is 5.76 Å². The molecule has 0 radical (unpaired) electrons. The molecule has 1 aromatic carbocycles. The zero-order valence-corrected chi connectivity index (χ0v) is 10.8. The zero-order chi connectivity index (χ0) is 14.0. The second kappa shape index (κ2) is 5.24. The van der Waals surface area contributed by atoms with Crippen LogP contribution < -0.4 is 0 Å². The van der Waals surface area contributed by atoms with Gasteiger partial charge in [-0.05, 0) is 12.5 Å². The van der Waals surface area contributed by atoms with E-state index in [1.807, 2.05) is 19.1 Å². The molecule has 0 saturated carbocycles. The van der Waals surface area contributed by atoms with Crippen LogP contribution in [0, 0.1) is 6.92 Å². The molecule has 0 unspecified atom stereocenters. The van der Waals surface area contributed by atoms with Crippen LogP contribution in [0.4, 0.5) is 0 Å². The third-order valence-electron chi connectivity index (χ3n) is 3.00. The van der Waals surface area contributed by atoms with Crippen molar-refractivity contribution >= 4 is 17.4 Å². The van der Waals surface area contributed by atoms with Crippen LogP contribution in [-0.2, 0) is 14.3 Å². The first-order chi connectivity index (χ1) is 9.06. The summed E-state index contributed by atoms with van der Waals surface area (Å²) in [5.41, 5.74) is 1.64. The van der Waals surface area contributed by atoms with Crippen LogP contribution in [0.1, 0.15) is 11.1 Å². The van der Waals surface area contributed by atoms with E-state index in [-0.39, 0.29) is 18.7 Å². The predicted octanol–water partition coefficient (Wildman–Crippen LogP) is 1.28. The Bertz CT molecular complexity index is 545. The van der Waals surface area contributed by atoms with Gasteiger partial charge in [-0.3, -0.25) is 14.5 Å². The maximum atomic E-state index is 12.1. The number of methoxy groups -OCH3 is 1. The van der Waals surface area contributed by atoms with Crippen LogP contribution in [0.3, 0.4) is 0 Å². The second-order valence-corrected chi connectivity index (χ2v) is 4.34. The molecule has 0 atom stereocenters. The molecule has 5 nitrogen and oxygen atoms in total. The van der Waals surface area contributed by atoms with Crippen molar-refractivity contribution in [1.29, 1.82) is 0 Å². The first-order valence-corrected chi connectivity index (χ1v) is 5.91. The summed E-state index contributed by atoms with van der Waals surface area (Å²) in [6, 6.07) is 7.08. The van der Waals surface area contributed by atoms with E-state index < -0.39 is 17.6 Å². The van der Waals surface area contributed by atoms with Crippen LogP contribution >= 0.6 is 0 Å². The number of aryl methyl sites for hydroxylation is 1. The van der Waals surface area contributed by atoms with E-state index in [9.17, 15) is 14.7 Å². The molecule has 0 bridgehead atoms. The number of benzene rings is 1. The Morgan fingerprint density at radius 3 is 2.37 bits per heavy atom. The van der Waals surface area contributed by atoms with Crippen molar-refractivity contribution in [1.82, 2.24) is 4.90 Å². The molecule has 1 heterocycles. The normalized spacial score (nSPS) is 15.6. The van der Waals surface area contributed by atoms with Gasteiger partial charge in [0.1, 0.15) is 0 Å². The van der Waals surface area contributed by atoms with Crippen molar-refractivity contribution < 1.29 is 19.4 Å². The highest BCUT2D eigenvalue weighted by Crippen LogP contribution is 2.27. The first kappa shape index (κ1) is 13.3. The molecule has 1 N–H and O–H groups in total. The highest BCUT2D eigenvalue weighted by molar-refractivity contribution is 6.34. The molecule has 2 rings (SSSR count). The van der Waals surface area contributed by atoms with Gasteiger partial charge in [0.2, 0.25) is 0 Å². The van der Waals surface area contributed by atoms with Crippen molar-refractivity contribution in [3.05, 3.63) is 41.2 Å². The van der Waals surface area contributed by atoms with E-state index in [2.05, 4.69) is 0 Å². The number of rotatable bonds is 4.